The molecule has 0 amide bonds. The Morgan fingerprint density at radius 1 is 0.355 bits per heavy atom. The number of phenols is 3. The Hall–Kier alpha value is -4.24. The molecule has 0 bridgehead atoms. The van der Waals surface area contributed by atoms with Crippen LogP contribution in [0.15, 0.2) is 91.0 Å². The molecule has 31 heavy (non-hydrogen) atoms. The van der Waals surface area contributed by atoms with E-state index >= 15 is 0 Å². The Balaban J connectivity index is 1.93. The number of benzene rings is 6. The molecular formula is C28H18O3. The van der Waals surface area contributed by atoms with Crippen LogP contribution in [0.5, 0.6) is 17.2 Å². The second-order valence-corrected chi connectivity index (χ2v) is 7.78. The van der Waals surface area contributed by atoms with Gasteiger partial charge in [-0.2, -0.15) is 0 Å². The van der Waals surface area contributed by atoms with E-state index in [1.54, 1.807) is 12.1 Å². The van der Waals surface area contributed by atoms with Gasteiger partial charge in [0.2, 0.25) is 0 Å². The van der Waals surface area contributed by atoms with Crippen molar-refractivity contribution < 1.29 is 15.3 Å². The van der Waals surface area contributed by atoms with E-state index in [1.165, 1.54) is 0 Å². The summed E-state index contributed by atoms with van der Waals surface area (Å²) in [7, 11) is 0. The Morgan fingerprint density at radius 3 is 1.39 bits per heavy atom. The molecule has 3 nitrogen and oxygen atoms in total. The van der Waals surface area contributed by atoms with Gasteiger partial charge in [-0.25, -0.2) is 0 Å². The van der Waals surface area contributed by atoms with Gasteiger partial charge in [0.15, 0.2) is 0 Å². The van der Waals surface area contributed by atoms with Crippen molar-refractivity contribution in [3.63, 3.8) is 0 Å². The zero-order chi connectivity index (χ0) is 21.1. The van der Waals surface area contributed by atoms with Crippen molar-refractivity contribution in [3.8, 4) is 28.4 Å². The van der Waals surface area contributed by atoms with E-state index < -0.39 is 0 Å². The Labute approximate surface area is 178 Å². The lowest BCUT2D eigenvalue weighted by atomic mass is 9.87. The van der Waals surface area contributed by atoms with Gasteiger partial charge in [-0.05, 0) is 38.4 Å². The van der Waals surface area contributed by atoms with Crippen LogP contribution in [0.2, 0.25) is 0 Å². The van der Waals surface area contributed by atoms with Crippen molar-refractivity contribution in [2.24, 2.45) is 0 Å². The van der Waals surface area contributed by atoms with Crippen molar-refractivity contribution in [2.75, 3.05) is 0 Å². The maximum absolute atomic E-state index is 11.5. The standard InChI is InChI=1S/C28H18O3/c29-23-15-7-14-19-18-10-2-5-12-21(18)26(28(31)24(19)23)25-20-11-4-1-8-16(20)17-9-3-6-13-22(17)27(25)30/h1-15,29-31H. The molecule has 3 N–H and O–H groups in total. The van der Waals surface area contributed by atoms with E-state index in [-0.39, 0.29) is 17.2 Å². The zero-order valence-electron chi connectivity index (χ0n) is 16.5. The molecule has 0 aliphatic heterocycles. The highest BCUT2D eigenvalue weighted by molar-refractivity contribution is 6.25. The lowest BCUT2D eigenvalue weighted by Crippen LogP contribution is -1.91. The quantitative estimate of drug-likeness (QED) is 0.257. The van der Waals surface area contributed by atoms with Crippen molar-refractivity contribution >= 4 is 43.1 Å². The molecule has 0 heterocycles. The van der Waals surface area contributed by atoms with Crippen LogP contribution in [0.4, 0.5) is 0 Å². The fourth-order valence-corrected chi connectivity index (χ4v) is 4.83. The normalized spacial score (nSPS) is 11.6. The first-order chi connectivity index (χ1) is 15.2. The molecule has 0 saturated heterocycles. The molecule has 148 valence electrons. The number of hydrogen-bond acceptors (Lipinski definition) is 3. The minimum absolute atomic E-state index is 0.00610. The second-order valence-electron chi connectivity index (χ2n) is 7.78. The monoisotopic (exact) mass is 402 g/mol. The molecule has 0 spiro atoms. The number of fused-ring (bicyclic) bond motifs is 6. The van der Waals surface area contributed by atoms with Gasteiger partial charge in [-0.15, -0.1) is 0 Å². The van der Waals surface area contributed by atoms with Crippen LogP contribution in [0, 0.1) is 0 Å². The molecule has 0 saturated carbocycles. The summed E-state index contributed by atoms with van der Waals surface area (Å²) in [5, 5.41) is 39.9. The highest BCUT2D eigenvalue weighted by Crippen LogP contribution is 2.52. The number of rotatable bonds is 1. The number of phenolic OH excluding ortho intramolecular Hbond substituents is 3. The van der Waals surface area contributed by atoms with Gasteiger partial charge < -0.3 is 15.3 Å². The molecule has 0 radical (unpaired) electrons. The summed E-state index contributed by atoms with van der Waals surface area (Å²) < 4.78 is 0. The van der Waals surface area contributed by atoms with Crippen LogP contribution in [0.25, 0.3) is 54.2 Å². The average molecular weight is 402 g/mol. The van der Waals surface area contributed by atoms with Gasteiger partial charge in [0, 0.05) is 16.5 Å². The summed E-state index contributed by atoms with van der Waals surface area (Å²) in [5.74, 6) is 0.0821. The number of hydrogen-bond donors (Lipinski definition) is 3. The third-order valence-corrected chi connectivity index (χ3v) is 6.16. The smallest absolute Gasteiger partial charge is 0.135 e. The second kappa shape index (κ2) is 6.38. The maximum Gasteiger partial charge on any atom is 0.135 e. The zero-order valence-corrected chi connectivity index (χ0v) is 16.5. The third kappa shape index (κ3) is 2.34. The molecule has 0 aliphatic rings. The molecular weight excluding hydrogens is 384 g/mol. The van der Waals surface area contributed by atoms with E-state index in [9.17, 15) is 15.3 Å². The average Bonchev–Trinajstić information content (AvgIpc) is 2.81. The topological polar surface area (TPSA) is 60.7 Å². The van der Waals surface area contributed by atoms with E-state index in [1.807, 2.05) is 78.9 Å². The summed E-state index contributed by atoms with van der Waals surface area (Å²) in [4.78, 5) is 0. The molecule has 6 aromatic rings. The van der Waals surface area contributed by atoms with Gasteiger partial charge in [-0.3, -0.25) is 0 Å². The van der Waals surface area contributed by atoms with Crippen LogP contribution >= 0.6 is 0 Å². The summed E-state index contributed by atoms with van der Waals surface area (Å²) >= 11 is 0. The molecule has 0 aromatic heterocycles. The first kappa shape index (κ1) is 17.6. The lowest BCUT2D eigenvalue weighted by molar-refractivity contribution is 0.464. The Kier molecular flexibility index (Phi) is 3.62. The predicted octanol–water partition coefficient (Wildman–Crippen LogP) is 7.08. The molecule has 3 heteroatoms. The van der Waals surface area contributed by atoms with Crippen molar-refractivity contribution in [2.45, 2.75) is 0 Å². The van der Waals surface area contributed by atoms with Crippen molar-refractivity contribution in [1.82, 2.24) is 0 Å². The third-order valence-electron chi connectivity index (χ3n) is 6.16. The predicted molar refractivity (Wildman–Crippen MR) is 127 cm³/mol. The fraction of sp³-hybridized carbons (Fsp3) is 0. The largest absolute Gasteiger partial charge is 0.507 e. The minimum Gasteiger partial charge on any atom is -0.507 e. The SMILES string of the molecule is Oc1c(-c2c(O)c3c(O)cccc3c3ccccc23)c2ccccc2c2ccccc12. The first-order valence-corrected chi connectivity index (χ1v) is 10.1. The highest BCUT2D eigenvalue weighted by Gasteiger charge is 2.23. The van der Waals surface area contributed by atoms with Crippen LogP contribution in [-0.4, -0.2) is 15.3 Å². The Morgan fingerprint density at radius 2 is 0.774 bits per heavy atom. The number of aromatic hydroxyl groups is 3. The van der Waals surface area contributed by atoms with Crippen LogP contribution in [0.3, 0.4) is 0 Å². The van der Waals surface area contributed by atoms with Crippen LogP contribution in [0.1, 0.15) is 0 Å². The molecule has 0 atom stereocenters. The lowest BCUT2D eigenvalue weighted by Gasteiger charge is -2.19. The first-order valence-electron chi connectivity index (χ1n) is 10.1. The Bertz CT molecular complexity index is 1660. The molecule has 6 rings (SSSR count). The fourth-order valence-electron chi connectivity index (χ4n) is 4.83. The summed E-state index contributed by atoms with van der Waals surface area (Å²) in [6.45, 7) is 0. The van der Waals surface area contributed by atoms with Gasteiger partial charge in [-0.1, -0.05) is 84.9 Å². The molecule has 0 aliphatic carbocycles. The summed E-state index contributed by atoms with van der Waals surface area (Å²) in [6.07, 6.45) is 0. The van der Waals surface area contributed by atoms with Crippen molar-refractivity contribution in [1.29, 1.82) is 0 Å². The summed E-state index contributed by atoms with van der Waals surface area (Å²) in [5.41, 5.74) is 1.08. The molecule has 0 unspecified atom stereocenters. The van der Waals surface area contributed by atoms with Gasteiger partial charge in [0.1, 0.15) is 17.2 Å². The van der Waals surface area contributed by atoms with Gasteiger partial charge in [0.05, 0.1) is 5.39 Å². The van der Waals surface area contributed by atoms with Gasteiger partial charge >= 0.3 is 0 Å². The van der Waals surface area contributed by atoms with E-state index in [0.29, 0.717) is 16.5 Å². The van der Waals surface area contributed by atoms with Gasteiger partial charge in [0.25, 0.3) is 0 Å². The minimum atomic E-state index is -0.0393. The highest BCUT2D eigenvalue weighted by atomic mass is 16.3. The van der Waals surface area contributed by atoms with E-state index in [4.69, 9.17) is 0 Å². The summed E-state index contributed by atoms with van der Waals surface area (Å²) in [6, 6.07) is 28.6. The maximum atomic E-state index is 11.5. The molecule has 0 fully saturated rings. The van der Waals surface area contributed by atoms with Crippen LogP contribution < -0.4 is 0 Å². The van der Waals surface area contributed by atoms with Crippen molar-refractivity contribution in [3.05, 3.63) is 91.0 Å². The van der Waals surface area contributed by atoms with Crippen LogP contribution in [-0.2, 0) is 0 Å². The van der Waals surface area contributed by atoms with E-state index in [0.717, 1.165) is 37.7 Å². The van der Waals surface area contributed by atoms with E-state index in [2.05, 4.69) is 0 Å². The molecule has 6 aromatic carbocycles.